The van der Waals surface area contributed by atoms with Crippen molar-refractivity contribution >= 4 is 0 Å². The first-order chi connectivity index (χ1) is 5.84. The van der Waals surface area contributed by atoms with Crippen LogP contribution in [0.4, 0.5) is 0 Å². The molecule has 0 fully saturated rings. The van der Waals surface area contributed by atoms with E-state index in [4.69, 9.17) is 0 Å². The number of unbranched alkanes of at least 4 members (excludes halogenated alkanes) is 1. The zero-order valence-electron chi connectivity index (χ0n) is 7.40. The van der Waals surface area contributed by atoms with Crippen molar-refractivity contribution in [2.45, 2.75) is 32.3 Å². The van der Waals surface area contributed by atoms with E-state index in [9.17, 15) is 5.11 Å². The zero-order valence-corrected chi connectivity index (χ0v) is 7.40. The second-order valence-electron chi connectivity index (χ2n) is 2.94. The maximum atomic E-state index is 9.61. The molecule has 2 nitrogen and oxygen atoms in total. The average Bonchev–Trinajstić information content (AvgIpc) is 2.15. The normalized spacial score (nSPS) is 12.8. The summed E-state index contributed by atoms with van der Waals surface area (Å²) < 4.78 is 0. The lowest BCUT2D eigenvalue weighted by atomic mass is 10.1. The molecule has 1 atom stereocenters. The fraction of sp³-hybridized carbons (Fsp3) is 0.500. The minimum absolute atomic E-state index is 0.335. The highest BCUT2D eigenvalue weighted by Crippen LogP contribution is 2.17. The van der Waals surface area contributed by atoms with Crippen LogP contribution in [-0.4, -0.2) is 10.1 Å². The van der Waals surface area contributed by atoms with Crippen molar-refractivity contribution < 1.29 is 5.11 Å². The second kappa shape index (κ2) is 4.88. The first-order valence-corrected chi connectivity index (χ1v) is 4.42. The van der Waals surface area contributed by atoms with E-state index in [1.165, 1.54) is 0 Å². The van der Waals surface area contributed by atoms with E-state index in [0.29, 0.717) is 0 Å². The van der Waals surface area contributed by atoms with E-state index in [-0.39, 0.29) is 6.10 Å². The molecule has 0 aromatic carbocycles. The maximum Gasteiger partial charge on any atom is 0.0804 e. The first-order valence-electron chi connectivity index (χ1n) is 4.42. The van der Waals surface area contributed by atoms with Gasteiger partial charge in [0.2, 0.25) is 0 Å². The molecule has 12 heavy (non-hydrogen) atoms. The molecule has 1 unspecified atom stereocenters. The Kier molecular flexibility index (Phi) is 3.74. The molecular formula is C10H15NO. The molecule has 1 N–H and O–H groups in total. The monoisotopic (exact) mass is 165 g/mol. The summed E-state index contributed by atoms with van der Waals surface area (Å²) in [6.45, 7) is 2.12. The average molecular weight is 165 g/mol. The molecule has 0 saturated heterocycles. The zero-order chi connectivity index (χ0) is 8.81. The Morgan fingerprint density at radius 2 is 2.42 bits per heavy atom. The van der Waals surface area contributed by atoms with E-state index in [1.54, 1.807) is 12.4 Å². The van der Waals surface area contributed by atoms with E-state index >= 15 is 0 Å². The number of aliphatic hydroxyl groups is 1. The molecule has 0 saturated carbocycles. The number of aromatic nitrogens is 1. The van der Waals surface area contributed by atoms with Crippen LogP contribution in [0, 0.1) is 0 Å². The standard InChI is InChI=1S/C10H15NO/c1-2-3-6-10(12)9-5-4-7-11-8-9/h4-5,7-8,10,12H,2-3,6H2,1H3. The number of pyridine rings is 1. The van der Waals surface area contributed by atoms with Gasteiger partial charge in [-0.3, -0.25) is 4.98 Å². The van der Waals surface area contributed by atoms with Crippen molar-refractivity contribution in [2.75, 3.05) is 0 Å². The molecule has 1 aromatic heterocycles. The summed E-state index contributed by atoms with van der Waals surface area (Å²) >= 11 is 0. The Bertz CT molecular complexity index is 210. The van der Waals surface area contributed by atoms with Gasteiger partial charge >= 0.3 is 0 Å². The van der Waals surface area contributed by atoms with Crippen LogP contribution in [0.5, 0.6) is 0 Å². The fourth-order valence-corrected chi connectivity index (χ4v) is 1.14. The summed E-state index contributed by atoms with van der Waals surface area (Å²) in [6, 6.07) is 3.76. The van der Waals surface area contributed by atoms with Crippen molar-refractivity contribution in [1.82, 2.24) is 4.98 Å². The van der Waals surface area contributed by atoms with Crippen LogP contribution in [0.25, 0.3) is 0 Å². The number of rotatable bonds is 4. The highest BCUT2D eigenvalue weighted by molar-refractivity contribution is 5.11. The molecule has 1 rings (SSSR count). The second-order valence-corrected chi connectivity index (χ2v) is 2.94. The third-order valence-corrected chi connectivity index (χ3v) is 1.90. The predicted molar refractivity (Wildman–Crippen MR) is 48.7 cm³/mol. The van der Waals surface area contributed by atoms with E-state index in [2.05, 4.69) is 11.9 Å². The van der Waals surface area contributed by atoms with Crippen LogP contribution in [0.2, 0.25) is 0 Å². The highest BCUT2D eigenvalue weighted by atomic mass is 16.3. The molecular weight excluding hydrogens is 150 g/mol. The predicted octanol–water partition coefficient (Wildman–Crippen LogP) is 2.31. The number of hydrogen-bond acceptors (Lipinski definition) is 2. The number of nitrogens with zero attached hydrogens (tertiary/aromatic N) is 1. The SMILES string of the molecule is CCCCC(O)c1cccnc1. The van der Waals surface area contributed by atoms with Gasteiger partial charge in [0.1, 0.15) is 0 Å². The van der Waals surface area contributed by atoms with Gasteiger partial charge in [0, 0.05) is 12.4 Å². The molecule has 0 bridgehead atoms. The molecule has 66 valence electrons. The summed E-state index contributed by atoms with van der Waals surface area (Å²) in [5.74, 6) is 0. The fourth-order valence-electron chi connectivity index (χ4n) is 1.14. The van der Waals surface area contributed by atoms with Crippen LogP contribution >= 0.6 is 0 Å². The van der Waals surface area contributed by atoms with E-state index in [0.717, 1.165) is 24.8 Å². The molecule has 1 aromatic rings. The number of hydrogen-bond donors (Lipinski definition) is 1. The maximum absolute atomic E-state index is 9.61. The van der Waals surface area contributed by atoms with Crippen LogP contribution in [0.1, 0.15) is 37.9 Å². The van der Waals surface area contributed by atoms with Gasteiger partial charge in [-0.15, -0.1) is 0 Å². The summed E-state index contributed by atoms with van der Waals surface area (Å²) in [5.41, 5.74) is 0.922. The minimum atomic E-state index is -0.335. The molecule has 2 heteroatoms. The molecule has 0 aliphatic rings. The Morgan fingerprint density at radius 3 is 3.00 bits per heavy atom. The van der Waals surface area contributed by atoms with Crippen molar-refractivity contribution in [3.63, 3.8) is 0 Å². The Morgan fingerprint density at radius 1 is 1.58 bits per heavy atom. The van der Waals surface area contributed by atoms with Gasteiger partial charge < -0.3 is 5.11 Å². The van der Waals surface area contributed by atoms with Gasteiger partial charge in [-0.25, -0.2) is 0 Å². The van der Waals surface area contributed by atoms with Crippen LogP contribution in [0.3, 0.4) is 0 Å². The summed E-state index contributed by atoms with van der Waals surface area (Å²) in [5, 5.41) is 9.61. The van der Waals surface area contributed by atoms with Gasteiger partial charge in [-0.2, -0.15) is 0 Å². The topological polar surface area (TPSA) is 33.1 Å². The van der Waals surface area contributed by atoms with Gasteiger partial charge in [0.05, 0.1) is 6.10 Å². The lowest BCUT2D eigenvalue weighted by Crippen LogP contribution is -1.96. The van der Waals surface area contributed by atoms with Crippen LogP contribution < -0.4 is 0 Å². The van der Waals surface area contributed by atoms with Gasteiger partial charge in [-0.1, -0.05) is 25.8 Å². The third-order valence-electron chi connectivity index (χ3n) is 1.90. The Hall–Kier alpha value is -0.890. The lowest BCUT2D eigenvalue weighted by molar-refractivity contribution is 0.164. The molecule has 0 amide bonds. The molecule has 0 radical (unpaired) electrons. The Labute approximate surface area is 73.3 Å². The van der Waals surface area contributed by atoms with Gasteiger partial charge in [-0.05, 0) is 18.1 Å². The molecule has 0 aliphatic heterocycles. The molecule has 0 spiro atoms. The quantitative estimate of drug-likeness (QED) is 0.742. The van der Waals surface area contributed by atoms with Crippen LogP contribution in [-0.2, 0) is 0 Å². The lowest BCUT2D eigenvalue weighted by Gasteiger charge is -2.08. The summed E-state index contributed by atoms with van der Waals surface area (Å²) in [4.78, 5) is 3.95. The van der Waals surface area contributed by atoms with Crippen molar-refractivity contribution in [3.05, 3.63) is 30.1 Å². The van der Waals surface area contributed by atoms with Gasteiger partial charge in [0.25, 0.3) is 0 Å². The minimum Gasteiger partial charge on any atom is -0.388 e. The first kappa shape index (κ1) is 9.20. The number of aliphatic hydroxyl groups excluding tert-OH is 1. The largest absolute Gasteiger partial charge is 0.388 e. The smallest absolute Gasteiger partial charge is 0.0804 e. The van der Waals surface area contributed by atoms with Gasteiger partial charge in [0.15, 0.2) is 0 Å². The van der Waals surface area contributed by atoms with Crippen LogP contribution in [0.15, 0.2) is 24.5 Å². The van der Waals surface area contributed by atoms with E-state index in [1.807, 2.05) is 12.1 Å². The molecule has 0 aliphatic carbocycles. The van der Waals surface area contributed by atoms with E-state index < -0.39 is 0 Å². The molecule has 1 heterocycles. The van der Waals surface area contributed by atoms with Crippen molar-refractivity contribution in [2.24, 2.45) is 0 Å². The van der Waals surface area contributed by atoms with Crippen molar-refractivity contribution in [3.8, 4) is 0 Å². The highest BCUT2D eigenvalue weighted by Gasteiger charge is 2.05. The van der Waals surface area contributed by atoms with Crippen molar-refractivity contribution in [1.29, 1.82) is 0 Å². The summed E-state index contributed by atoms with van der Waals surface area (Å²) in [6.07, 6.45) is 6.13. The summed E-state index contributed by atoms with van der Waals surface area (Å²) in [7, 11) is 0. The third kappa shape index (κ3) is 2.62. The Balaban J connectivity index is 2.48.